The Balaban J connectivity index is 4.33. The lowest BCUT2D eigenvalue weighted by atomic mass is 10.3. The number of urea groups is 1. The van der Waals surface area contributed by atoms with Crippen LogP contribution in [0.5, 0.6) is 0 Å². The van der Waals surface area contributed by atoms with E-state index >= 15 is 0 Å². The zero-order valence-corrected chi connectivity index (χ0v) is 9.07. The molecule has 0 aromatic heterocycles. The van der Waals surface area contributed by atoms with E-state index in [2.05, 4.69) is 5.32 Å². The van der Waals surface area contributed by atoms with Gasteiger partial charge < -0.3 is 15.3 Å². The lowest BCUT2D eigenvalue weighted by Crippen LogP contribution is -2.48. The Kier molecular flexibility index (Phi) is 4.97. The summed E-state index contributed by atoms with van der Waals surface area (Å²) in [7, 11) is 0. The summed E-state index contributed by atoms with van der Waals surface area (Å²) < 4.78 is 0. The van der Waals surface area contributed by atoms with E-state index < -0.39 is 5.97 Å². The fraction of sp³-hybridized carbons (Fsp3) is 0.778. The molecular weight excluding hydrogens is 184 g/mol. The lowest BCUT2D eigenvalue weighted by Gasteiger charge is -2.26. The first-order valence-electron chi connectivity index (χ1n) is 4.63. The number of hydrogen-bond donors (Lipinski definition) is 2. The van der Waals surface area contributed by atoms with Crippen molar-refractivity contribution in [3.8, 4) is 0 Å². The maximum Gasteiger partial charge on any atom is 0.323 e. The van der Waals surface area contributed by atoms with Gasteiger partial charge in [0.05, 0.1) is 0 Å². The quantitative estimate of drug-likeness (QED) is 0.711. The van der Waals surface area contributed by atoms with Crippen LogP contribution in [0, 0.1) is 0 Å². The van der Waals surface area contributed by atoms with Gasteiger partial charge in [-0.15, -0.1) is 0 Å². The first kappa shape index (κ1) is 12.7. The molecule has 5 heteroatoms. The number of hydrogen-bond acceptors (Lipinski definition) is 2. The molecule has 2 N–H and O–H groups in total. The van der Waals surface area contributed by atoms with Crippen LogP contribution in [0.1, 0.15) is 27.7 Å². The van der Waals surface area contributed by atoms with E-state index in [0.717, 1.165) is 0 Å². The Morgan fingerprint density at radius 2 is 1.79 bits per heavy atom. The number of carbonyl (C=O) groups excluding carboxylic acids is 1. The van der Waals surface area contributed by atoms with Gasteiger partial charge in [0.2, 0.25) is 0 Å². The van der Waals surface area contributed by atoms with E-state index in [0.29, 0.717) is 0 Å². The topological polar surface area (TPSA) is 69.6 Å². The molecule has 0 radical (unpaired) electrons. The standard InChI is InChI=1S/C9H18N2O3/c1-6(2)10-9(14)11(7(3)4)5-8(12)13/h6-7H,5H2,1-4H3,(H,10,14)(H,12,13). The number of carboxylic acid groups (broad SMARTS) is 1. The van der Waals surface area contributed by atoms with Gasteiger partial charge >= 0.3 is 12.0 Å². The molecule has 14 heavy (non-hydrogen) atoms. The third-order valence-electron chi connectivity index (χ3n) is 1.60. The van der Waals surface area contributed by atoms with Crippen molar-refractivity contribution in [3.05, 3.63) is 0 Å². The van der Waals surface area contributed by atoms with Crippen LogP contribution >= 0.6 is 0 Å². The van der Waals surface area contributed by atoms with Crippen molar-refractivity contribution in [2.45, 2.75) is 39.8 Å². The molecule has 5 nitrogen and oxygen atoms in total. The van der Waals surface area contributed by atoms with Crippen LogP contribution in [0.2, 0.25) is 0 Å². The van der Waals surface area contributed by atoms with E-state index in [1.165, 1.54) is 4.90 Å². The number of carbonyl (C=O) groups is 2. The second kappa shape index (κ2) is 5.47. The average molecular weight is 202 g/mol. The van der Waals surface area contributed by atoms with Gasteiger partial charge in [-0.2, -0.15) is 0 Å². The van der Waals surface area contributed by atoms with Crippen LogP contribution in [-0.4, -0.2) is 40.6 Å². The molecular formula is C9H18N2O3. The van der Waals surface area contributed by atoms with Crippen molar-refractivity contribution in [2.75, 3.05) is 6.54 Å². The first-order valence-corrected chi connectivity index (χ1v) is 4.63. The fourth-order valence-corrected chi connectivity index (χ4v) is 0.964. The Morgan fingerprint density at radius 3 is 2.07 bits per heavy atom. The van der Waals surface area contributed by atoms with Gasteiger partial charge in [0.1, 0.15) is 6.54 Å². The minimum Gasteiger partial charge on any atom is -0.480 e. The summed E-state index contributed by atoms with van der Waals surface area (Å²) in [5.74, 6) is -1.00. The SMILES string of the molecule is CC(C)NC(=O)N(CC(=O)O)C(C)C. The van der Waals surface area contributed by atoms with Gasteiger partial charge in [-0.1, -0.05) is 0 Å². The van der Waals surface area contributed by atoms with E-state index in [9.17, 15) is 9.59 Å². The summed E-state index contributed by atoms with van der Waals surface area (Å²) in [6, 6.07) is -0.445. The van der Waals surface area contributed by atoms with E-state index in [1.807, 2.05) is 13.8 Å². The molecule has 0 rings (SSSR count). The van der Waals surface area contributed by atoms with Crippen LogP contribution in [0.25, 0.3) is 0 Å². The highest BCUT2D eigenvalue weighted by Crippen LogP contribution is 1.99. The van der Waals surface area contributed by atoms with Crippen LogP contribution in [0.4, 0.5) is 4.79 Å². The minimum atomic E-state index is -1.00. The molecule has 0 aromatic carbocycles. The Morgan fingerprint density at radius 1 is 1.29 bits per heavy atom. The molecule has 0 saturated heterocycles. The maximum atomic E-state index is 11.5. The van der Waals surface area contributed by atoms with Crippen LogP contribution in [0.15, 0.2) is 0 Å². The maximum absolute atomic E-state index is 11.5. The highest BCUT2D eigenvalue weighted by Gasteiger charge is 2.19. The summed E-state index contributed by atoms with van der Waals surface area (Å²) in [5.41, 5.74) is 0. The molecule has 0 aliphatic carbocycles. The Hall–Kier alpha value is -1.26. The van der Waals surface area contributed by atoms with Crippen molar-refractivity contribution in [2.24, 2.45) is 0 Å². The van der Waals surface area contributed by atoms with Crippen LogP contribution in [-0.2, 0) is 4.79 Å². The zero-order valence-electron chi connectivity index (χ0n) is 9.07. The third-order valence-corrected chi connectivity index (χ3v) is 1.60. The molecule has 0 fully saturated rings. The molecule has 0 heterocycles. The summed E-state index contributed by atoms with van der Waals surface area (Å²) in [6.45, 7) is 6.95. The van der Waals surface area contributed by atoms with Gasteiger partial charge in [0.25, 0.3) is 0 Å². The van der Waals surface area contributed by atoms with Gasteiger partial charge in [0, 0.05) is 12.1 Å². The molecule has 0 aliphatic rings. The number of amides is 2. The van der Waals surface area contributed by atoms with Crippen molar-refractivity contribution in [3.63, 3.8) is 0 Å². The van der Waals surface area contributed by atoms with Crippen LogP contribution < -0.4 is 5.32 Å². The molecule has 82 valence electrons. The largest absolute Gasteiger partial charge is 0.480 e. The summed E-state index contributed by atoms with van der Waals surface area (Å²) in [6.07, 6.45) is 0. The number of carboxylic acids is 1. The smallest absolute Gasteiger partial charge is 0.323 e. The predicted molar refractivity (Wildman–Crippen MR) is 53.1 cm³/mol. The minimum absolute atomic E-state index is 0.0116. The van der Waals surface area contributed by atoms with E-state index in [4.69, 9.17) is 5.11 Å². The molecule has 2 amide bonds. The predicted octanol–water partition coefficient (Wildman–Crippen LogP) is 0.899. The van der Waals surface area contributed by atoms with Gasteiger partial charge in [-0.25, -0.2) is 4.79 Å². The number of nitrogens with one attached hydrogen (secondary N) is 1. The average Bonchev–Trinajstić information content (AvgIpc) is 1.97. The van der Waals surface area contributed by atoms with E-state index in [-0.39, 0.29) is 24.7 Å². The molecule has 0 aromatic rings. The fourth-order valence-electron chi connectivity index (χ4n) is 0.964. The summed E-state index contributed by atoms with van der Waals surface area (Å²) >= 11 is 0. The summed E-state index contributed by atoms with van der Waals surface area (Å²) in [4.78, 5) is 23.2. The number of rotatable bonds is 4. The second-order valence-corrected chi connectivity index (χ2v) is 3.72. The highest BCUT2D eigenvalue weighted by molar-refractivity contribution is 5.80. The highest BCUT2D eigenvalue weighted by atomic mass is 16.4. The normalized spacial score (nSPS) is 10.4. The second-order valence-electron chi connectivity index (χ2n) is 3.72. The van der Waals surface area contributed by atoms with Crippen molar-refractivity contribution in [1.82, 2.24) is 10.2 Å². The lowest BCUT2D eigenvalue weighted by molar-refractivity contribution is -0.138. The molecule has 0 saturated carbocycles. The van der Waals surface area contributed by atoms with Crippen molar-refractivity contribution >= 4 is 12.0 Å². The van der Waals surface area contributed by atoms with Crippen LogP contribution in [0.3, 0.4) is 0 Å². The zero-order chi connectivity index (χ0) is 11.3. The Labute approximate surface area is 84.1 Å². The molecule has 0 spiro atoms. The molecule has 0 bridgehead atoms. The van der Waals surface area contributed by atoms with Gasteiger partial charge in [-0.05, 0) is 27.7 Å². The number of nitrogens with zero attached hydrogens (tertiary/aromatic N) is 1. The third kappa shape index (κ3) is 4.69. The van der Waals surface area contributed by atoms with Gasteiger partial charge in [-0.3, -0.25) is 4.79 Å². The first-order chi connectivity index (χ1) is 6.34. The molecule has 0 unspecified atom stereocenters. The number of aliphatic carboxylic acids is 1. The van der Waals surface area contributed by atoms with Crippen molar-refractivity contribution < 1.29 is 14.7 Å². The van der Waals surface area contributed by atoms with Gasteiger partial charge in [0.15, 0.2) is 0 Å². The molecule has 0 aliphatic heterocycles. The Bertz CT molecular complexity index is 214. The molecule has 0 atom stereocenters. The monoisotopic (exact) mass is 202 g/mol. The van der Waals surface area contributed by atoms with E-state index in [1.54, 1.807) is 13.8 Å². The van der Waals surface area contributed by atoms with Crippen molar-refractivity contribution in [1.29, 1.82) is 0 Å². The summed E-state index contributed by atoms with van der Waals surface area (Å²) in [5, 5.41) is 11.2.